The van der Waals surface area contributed by atoms with E-state index in [-0.39, 0.29) is 29.9 Å². The Hall–Kier alpha value is -2.83. The number of halogens is 1. The van der Waals surface area contributed by atoms with Crippen LogP contribution in [0.5, 0.6) is 5.75 Å². The van der Waals surface area contributed by atoms with E-state index in [4.69, 9.17) is 11.6 Å². The van der Waals surface area contributed by atoms with Crippen molar-refractivity contribution in [3.63, 3.8) is 0 Å². The van der Waals surface area contributed by atoms with Gasteiger partial charge in [-0.1, -0.05) is 23.7 Å². The van der Waals surface area contributed by atoms with Gasteiger partial charge in [0.2, 0.25) is 5.91 Å². The lowest BCUT2D eigenvalue weighted by Crippen LogP contribution is -2.22. The first-order valence-electron chi connectivity index (χ1n) is 8.71. The lowest BCUT2D eigenvalue weighted by atomic mass is 9.85. The predicted molar refractivity (Wildman–Crippen MR) is 112 cm³/mol. The quantitative estimate of drug-likeness (QED) is 0.557. The van der Waals surface area contributed by atoms with Crippen molar-refractivity contribution < 1.29 is 14.7 Å². The summed E-state index contributed by atoms with van der Waals surface area (Å²) in [5.41, 5.74) is 3.26. The van der Waals surface area contributed by atoms with Gasteiger partial charge in [0.25, 0.3) is 5.91 Å². The molecule has 2 heterocycles. The monoisotopic (exact) mass is 412 g/mol. The van der Waals surface area contributed by atoms with Gasteiger partial charge < -0.3 is 15.7 Å². The van der Waals surface area contributed by atoms with Crippen molar-refractivity contribution in [2.24, 2.45) is 0 Å². The van der Waals surface area contributed by atoms with Crippen LogP contribution >= 0.6 is 22.9 Å². The highest BCUT2D eigenvalue weighted by atomic mass is 35.5. The number of hydrogen-bond acceptors (Lipinski definition) is 4. The number of amides is 2. The summed E-state index contributed by atoms with van der Waals surface area (Å²) < 4.78 is 0. The Morgan fingerprint density at radius 1 is 1.25 bits per heavy atom. The van der Waals surface area contributed by atoms with Crippen LogP contribution in [0.15, 0.2) is 48.5 Å². The van der Waals surface area contributed by atoms with E-state index in [1.807, 2.05) is 13.0 Å². The number of phenolic OH excluding ortho intramolecular Hbond substituents is 1. The van der Waals surface area contributed by atoms with Gasteiger partial charge in [0.15, 0.2) is 0 Å². The minimum absolute atomic E-state index is 0.105. The summed E-state index contributed by atoms with van der Waals surface area (Å²) in [5.74, 6) is -0.391. The second-order valence-corrected chi connectivity index (χ2v) is 8.12. The molecule has 0 radical (unpaired) electrons. The van der Waals surface area contributed by atoms with Crippen molar-refractivity contribution in [2.75, 3.05) is 10.6 Å². The number of nitrogens with one attached hydrogen (secondary N) is 2. The van der Waals surface area contributed by atoms with Crippen molar-refractivity contribution in [3.05, 3.63) is 75.1 Å². The number of hydrogen-bond donors (Lipinski definition) is 3. The van der Waals surface area contributed by atoms with Gasteiger partial charge in [-0.05, 0) is 60.0 Å². The van der Waals surface area contributed by atoms with E-state index in [9.17, 15) is 14.7 Å². The molecule has 142 valence electrons. The third kappa shape index (κ3) is 3.48. The summed E-state index contributed by atoms with van der Waals surface area (Å²) >= 11 is 7.16. The molecule has 1 atom stereocenters. The first-order chi connectivity index (χ1) is 13.4. The number of rotatable bonds is 3. The Morgan fingerprint density at radius 3 is 2.71 bits per heavy atom. The molecule has 0 saturated heterocycles. The normalized spacial score (nSPS) is 15.6. The second-order valence-electron chi connectivity index (χ2n) is 6.66. The molecule has 2 aromatic carbocycles. The Bertz CT molecular complexity index is 1080. The van der Waals surface area contributed by atoms with E-state index in [0.717, 1.165) is 16.7 Å². The standard InChI is InChI=1S/C21H17ClN2O3S/c1-11-18-16(12-3-2-4-15(25)9-12)10-17(26)24-21(18)28-19(11)20(27)23-14-7-5-13(22)6-8-14/h2-9,16,25H,10H2,1H3,(H,23,27)(H,24,26). The molecular weight excluding hydrogens is 396 g/mol. The fourth-order valence-electron chi connectivity index (χ4n) is 3.47. The maximum Gasteiger partial charge on any atom is 0.266 e. The number of anilines is 2. The van der Waals surface area contributed by atoms with Gasteiger partial charge in [-0.2, -0.15) is 0 Å². The average Bonchev–Trinajstić information content (AvgIpc) is 2.99. The maximum absolute atomic E-state index is 12.8. The van der Waals surface area contributed by atoms with E-state index in [1.54, 1.807) is 42.5 Å². The van der Waals surface area contributed by atoms with Crippen molar-refractivity contribution in [1.29, 1.82) is 0 Å². The van der Waals surface area contributed by atoms with Crippen molar-refractivity contribution in [1.82, 2.24) is 0 Å². The minimum atomic E-state index is -0.233. The number of phenols is 1. The first-order valence-corrected chi connectivity index (χ1v) is 9.91. The van der Waals surface area contributed by atoms with Crippen LogP contribution in [0.25, 0.3) is 0 Å². The molecule has 0 fully saturated rings. The number of carbonyl (C=O) groups is 2. The van der Waals surface area contributed by atoms with Crippen LogP contribution in [-0.2, 0) is 4.79 Å². The molecule has 4 rings (SSSR count). The zero-order chi connectivity index (χ0) is 19.8. The van der Waals surface area contributed by atoms with E-state index in [2.05, 4.69) is 10.6 Å². The highest BCUT2D eigenvalue weighted by Gasteiger charge is 2.33. The maximum atomic E-state index is 12.8. The van der Waals surface area contributed by atoms with Crippen LogP contribution in [0.1, 0.15) is 38.7 Å². The Labute approximate surface area is 171 Å². The molecular formula is C21H17ClN2O3S. The largest absolute Gasteiger partial charge is 0.508 e. The SMILES string of the molecule is Cc1c(C(=O)Nc2ccc(Cl)cc2)sc2c1C(c1cccc(O)c1)CC(=O)N2. The molecule has 0 saturated carbocycles. The van der Waals surface area contributed by atoms with Crippen LogP contribution in [0.3, 0.4) is 0 Å². The smallest absolute Gasteiger partial charge is 0.266 e. The summed E-state index contributed by atoms with van der Waals surface area (Å²) in [6, 6.07) is 13.8. The van der Waals surface area contributed by atoms with Crippen LogP contribution in [-0.4, -0.2) is 16.9 Å². The van der Waals surface area contributed by atoms with Crippen molar-refractivity contribution >= 4 is 45.4 Å². The number of carbonyl (C=O) groups excluding carboxylic acids is 2. The highest BCUT2D eigenvalue weighted by molar-refractivity contribution is 7.18. The summed E-state index contributed by atoms with van der Waals surface area (Å²) in [4.78, 5) is 25.6. The Kier molecular flexibility index (Phi) is 4.83. The van der Waals surface area contributed by atoms with Gasteiger partial charge in [0.1, 0.15) is 5.75 Å². The van der Waals surface area contributed by atoms with Crippen LogP contribution in [0.4, 0.5) is 10.7 Å². The Morgan fingerprint density at radius 2 is 2.00 bits per heavy atom. The molecule has 3 aromatic rings. The predicted octanol–water partition coefficient (Wildman–Crippen LogP) is 5.14. The van der Waals surface area contributed by atoms with Crippen molar-refractivity contribution in [3.8, 4) is 5.75 Å². The molecule has 7 heteroatoms. The average molecular weight is 413 g/mol. The van der Waals surface area contributed by atoms with Crippen LogP contribution in [0, 0.1) is 6.92 Å². The topological polar surface area (TPSA) is 78.4 Å². The number of fused-ring (bicyclic) bond motifs is 1. The molecule has 5 nitrogen and oxygen atoms in total. The number of aromatic hydroxyl groups is 1. The summed E-state index contributed by atoms with van der Waals surface area (Å²) in [7, 11) is 0. The molecule has 28 heavy (non-hydrogen) atoms. The third-order valence-electron chi connectivity index (χ3n) is 4.77. The fourth-order valence-corrected chi connectivity index (χ4v) is 4.77. The number of benzene rings is 2. The van der Waals surface area contributed by atoms with Gasteiger partial charge in [-0.25, -0.2) is 0 Å². The lowest BCUT2D eigenvalue weighted by Gasteiger charge is -2.24. The Balaban J connectivity index is 1.70. The molecule has 0 aliphatic carbocycles. The second kappa shape index (κ2) is 7.30. The number of thiophene rings is 1. The van der Waals surface area contributed by atoms with E-state index >= 15 is 0 Å². The molecule has 0 spiro atoms. The summed E-state index contributed by atoms with van der Waals surface area (Å²) in [6.07, 6.45) is 0.270. The molecule has 1 aliphatic heterocycles. The summed E-state index contributed by atoms with van der Waals surface area (Å²) in [5, 5.41) is 16.9. The van der Waals surface area contributed by atoms with E-state index in [0.29, 0.717) is 20.6 Å². The first kappa shape index (κ1) is 18.5. The van der Waals surface area contributed by atoms with Gasteiger partial charge in [-0.15, -0.1) is 11.3 Å². The zero-order valence-electron chi connectivity index (χ0n) is 15.0. The van der Waals surface area contributed by atoms with Gasteiger partial charge in [0.05, 0.1) is 9.88 Å². The van der Waals surface area contributed by atoms with Gasteiger partial charge in [0, 0.05) is 23.0 Å². The van der Waals surface area contributed by atoms with Crippen LogP contribution in [0.2, 0.25) is 5.02 Å². The molecule has 2 amide bonds. The zero-order valence-corrected chi connectivity index (χ0v) is 16.5. The van der Waals surface area contributed by atoms with Gasteiger partial charge >= 0.3 is 0 Å². The van der Waals surface area contributed by atoms with E-state index < -0.39 is 0 Å². The molecule has 0 bridgehead atoms. The lowest BCUT2D eigenvalue weighted by molar-refractivity contribution is -0.116. The van der Waals surface area contributed by atoms with Crippen molar-refractivity contribution in [2.45, 2.75) is 19.3 Å². The minimum Gasteiger partial charge on any atom is -0.508 e. The van der Waals surface area contributed by atoms with Crippen LogP contribution < -0.4 is 10.6 Å². The molecule has 1 aliphatic rings. The molecule has 1 unspecified atom stereocenters. The van der Waals surface area contributed by atoms with E-state index in [1.165, 1.54) is 11.3 Å². The molecule has 1 aromatic heterocycles. The summed E-state index contributed by atoms with van der Waals surface area (Å²) in [6.45, 7) is 1.89. The fraction of sp³-hybridized carbons (Fsp3) is 0.143. The van der Waals surface area contributed by atoms with Gasteiger partial charge in [-0.3, -0.25) is 9.59 Å². The molecule has 3 N–H and O–H groups in total. The highest BCUT2D eigenvalue weighted by Crippen LogP contribution is 2.45. The third-order valence-corrected chi connectivity index (χ3v) is 6.24.